The SMILES string of the molecule is Cc1c(O)cc(C(C)C)c(O)c1C(C)C. The third-order valence-electron chi connectivity index (χ3n) is 2.81. The highest BCUT2D eigenvalue weighted by molar-refractivity contribution is 5.54. The molecule has 0 aromatic heterocycles. The van der Waals surface area contributed by atoms with E-state index in [1.54, 1.807) is 6.07 Å². The lowest BCUT2D eigenvalue weighted by Gasteiger charge is -2.18. The third kappa shape index (κ3) is 2.09. The first-order chi connectivity index (χ1) is 6.86. The molecule has 84 valence electrons. The van der Waals surface area contributed by atoms with Crippen molar-refractivity contribution in [3.05, 3.63) is 22.8 Å². The maximum atomic E-state index is 10.1. The highest BCUT2D eigenvalue weighted by Crippen LogP contribution is 2.39. The average Bonchev–Trinajstić information content (AvgIpc) is 2.10. The Labute approximate surface area is 91.6 Å². The first kappa shape index (κ1) is 11.9. The molecule has 0 saturated carbocycles. The molecule has 0 radical (unpaired) electrons. The zero-order chi connectivity index (χ0) is 11.7. The molecule has 2 nitrogen and oxygen atoms in total. The first-order valence-electron chi connectivity index (χ1n) is 5.41. The molecule has 2 heteroatoms. The zero-order valence-corrected chi connectivity index (χ0v) is 10.1. The molecular formula is C13H20O2. The van der Waals surface area contributed by atoms with Crippen molar-refractivity contribution >= 4 is 0 Å². The number of hydrogen-bond donors (Lipinski definition) is 2. The minimum Gasteiger partial charge on any atom is -0.508 e. The molecule has 15 heavy (non-hydrogen) atoms. The largest absolute Gasteiger partial charge is 0.508 e. The van der Waals surface area contributed by atoms with Crippen molar-refractivity contribution in [3.63, 3.8) is 0 Å². The number of rotatable bonds is 2. The van der Waals surface area contributed by atoms with Gasteiger partial charge in [-0.25, -0.2) is 0 Å². The second kappa shape index (κ2) is 4.13. The van der Waals surface area contributed by atoms with Crippen molar-refractivity contribution in [3.8, 4) is 11.5 Å². The summed E-state index contributed by atoms with van der Waals surface area (Å²) in [5, 5.41) is 19.9. The maximum absolute atomic E-state index is 10.1. The zero-order valence-electron chi connectivity index (χ0n) is 10.1. The van der Waals surface area contributed by atoms with E-state index in [1.807, 2.05) is 34.6 Å². The summed E-state index contributed by atoms with van der Waals surface area (Å²) in [6, 6.07) is 1.67. The lowest BCUT2D eigenvalue weighted by Crippen LogP contribution is -1.98. The van der Waals surface area contributed by atoms with E-state index in [-0.39, 0.29) is 17.6 Å². The molecule has 0 saturated heterocycles. The van der Waals surface area contributed by atoms with E-state index in [0.29, 0.717) is 5.75 Å². The summed E-state index contributed by atoms with van der Waals surface area (Å²) in [7, 11) is 0. The van der Waals surface area contributed by atoms with Crippen molar-refractivity contribution in [2.45, 2.75) is 46.5 Å². The van der Waals surface area contributed by atoms with E-state index in [1.165, 1.54) is 0 Å². The van der Waals surface area contributed by atoms with Crippen molar-refractivity contribution in [2.24, 2.45) is 0 Å². The predicted octanol–water partition coefficient (Wildman–Crippen LogP) is 3.65. The van der Waals surface area contributed by atoms with Crippen LogP contribution < -0.4 is 0 Å². The standard InChI is InChI=1S/C13H20O2/c1-7(2)10-6-11(14)9(5)12(8(3)4)13(10)15/h6-8,14-15H,1-5H3. The van der Waals surface area contributed by atoms with E-state index in [0.717, 1.165) is 16.7 Å². The minimum absolute atomic E-state index is 0.217. The number of phenolic OH excluding ortho intramolecular Hbond substituents is 2. The highest BCUT2D eigenvalue weighted by Gasteiger charge is 2.18. The molecule has 0 atom stereocenters. The fourth-order valence-electron chi connectivity index (χ4n) is 1.94. The fraction of sp³-hybridized carbons (Fsp3) is 0.538. The Balaban J connectivity index is 3.49. The summed E-state index contributed by atoms with van der Waals surface area (Å²) in [6.07, 6.45) is 0. The lowest BCUT2D eigenvalue weighted by molar-refractivity contribution is 0.438. The second-order valence-corrected chi connectivity index (χ2v) is 4.68. The van der Waals surface area contributed by atoms with Crippen LogP contribution in [0.2, 0.25) is 0 Å². The lowest BCUT2D eigenvalue weighted by atomic mass is 9.90. The van der Waals surface area contributed by atoms with E-state index < -0.39 is 0 Å². The van der Waals surface area contributed by atoms with Gasteiger partial charge in [-0.3, -0.25) is 0 Å². The van der Waals surface area contributed by atoms with E-state index in [9.17, 15) is 10.2 Å². The van der Waals surface area contributed by atoms with E-state index >= 15 is 0 Å². The number of aromatic hydroxyl groups is 2. The highest BCUT2D eigenvalue weighted by atomic mass is 16.3. The molecule has 1 aromatic carbocycles. The van der Waals surface area contributed by atoms with Gasteiger partial charge in [0.1, 0.15) is 11.5 Å². The van der Waals surface area contributed by atoms with Gasteiger partial charge in [-0.15, -0.1) is 0 Å². The van der Waals surface area contributed by atoms with Crippen LogP contribution in [0.1, 0.15) is 56.2 Å². The van der Waals surface area contributed by atoms with Crippen molar-refractivity contribution < 1.29 is 10.2 Å². The van der Waals surface area contributed by atoms with Crippen molar-refractivity contribution in [1.82, 2.24) is 0 Å². The molecule has 2 N–H and O–H groups in total. The molecule has 1 rings (SSSR count). The second-order valence-electron chi connectivity index (χ2n) is 4.68. The summed E-state index contributed by atoms with van der Waals surface area (Å²) < 4.78 is 0. The minimum atomic E-state index is 0.217. The molecule has 0 aliphatic rings. The summed E-state index contributed by atoms with van der Waals surface area (Å²) in [6.45, 7) is 9.90. The molecule has 0 spiro atoms. The molecule has 0 bridgehead atoms. The normalized spacial score (nSPS) is 11.4. The van der Waals surface area contributed by atoms with Crippen LogP contribution in [0.15, 0.2) is 6.07 Å². The maximum Gasteiger partial charge on any atom is 0.123 e. The third-order valence-corrected chi connectivity index (χ3v) is 2.81. The Morgan fingerprint density at radius 3 is 1.93 bits per heavy atom. The summed E-state index contributed by atoms with van der Waals surface area (Å²) in [4.78, 5) is 0. The Morgan fingerprint density at radius 1 is 1.00 bits per heavy atom. The van der Waals surface area contributed by atoms with Crippen LogP contribution in [0.25, 0.3) is 0 Å². The summed E-state index contributed by atoms with van der Waals surface area (Å²) in [5.74, 6) is 1.05. The van der Waals surface area contributed by atoms with Gasteiger partial charge in [-0.2, -0.15) is 0 Å². The van der Waals surface area contributed by atoms with Crippen LogP contribution in [0.3, 0.4) is 0 Å². The number of benzene rings is 1. The van der Waals surface area contributed by atoms with Crippen LogP contribution in [0.4, 0.5) is 0 Å². The van der Waals surface area contributed by atoms with Crippen molar-refractivity contribution in [2.75, 3.05) is 0 Å². The number of phenols is 2. The average molecular weight is 208 g/mol. The Kier molecular flexibility index (Phi) is 3.28. The Bertz CT molecular complexity index is 365. The monoisotopic (exact) mass is 208 g/mol. The quantitative estimate of drug-likeness (QED) is 0.728. The Morgan fingerprint density at radius 2 is 1.53 bits per heavy atom. The van der Waals surface area contributed by atoms with Gasteiger partial charge in [0.2, 0.25) is 0 Å². The van der Waals surface area contributed by atoms with Gasteiger partial charge in [0.15, 0.2) is 0 Å². The molecule has 0 aliphatic heterocycles. The van der Waals surface area contributed by atoms with Gasteiger partial charge in [0.25, 0.3) is 0 Å². The van der Waals surface area contributed by atoms with Gasteiger partial charge in [0, 0.05) is 11.1 Å². The predicted molar refractivity (Wildman–Crippen MR) is 62.7 cm³/mol. The smallest absolute Gasteiger partial charge is 0.123 e. The number of hydrogen-bond acceptors (Lipinski definition) is 2. The summed E-state index contributed by atoms with van der Waals surface area (Å²) >= 11 is 0. The van der Waals surface area contributed by atoms with Gasteiger partial charge in [0.05, 0.1) is 0 Å². The van der Waals surface area contributed by atoms with Gasteiger partial charge in [-0.1, -0.05) is 27.7 Å². The van der Waals surface area contributed by atoms with Crippen LogP contribution >= 0.6 is 0 Å². The van der Waals surface area contributed by atoms with Crippen LogP contribution in [0.5, 0.6) is 11.5 Å². The van der Waals surface area contributed by atoms with Crippen LogP contribution in [-0.4, -0.2) is 10.2 Å². The summed E-state index contributed by atoms with van der Waals surface area (Å²) in [5.41, 5.74) is 2.47. The van der Waals surface area contributed by atoms with Crippen LogP contribution in [-0.2, 0) is 0 Å². The molecule has 1 aromatic rings. The van der Waals surface area contributed by atoms with Gasteiger partial charge in [-0.05, 0) is 30.4 Å². The first-order valence-corrected chi connectivity index (χ1v) is 5.41. The van der Waals surface area contributed by atoms with Gasteiger partial charge >= 0.3 is 0 Å². The van der Waals surface area contributed by atoms with Crippen molar-refractivity contribution in [1.29, 1.82) is 0 Å². The topological polar surface area (TPSA) is 40.5 Å². The molecule has 0 fully saturated rings. The molecule has 0 amide bonds. The molecule has 0 aliphatic carbocycles. The Hall–Kier alpha value is -1.18. The molecular weight excluding hydrogens is 188 g/mol. The molecule has 0 unspecified atom stereocenters. The van der Waals surface area contributed by atoms with E-state index in [2.05, 4.69) is 0 Å². The van der Waals surface area contributed by atoms with Gasteiger partial charge < -0.3 is 10.2 Å². The van der Waals surface area contributed by atoms with E-state index in [4.69, 9.17) is 0 Å². The molecule has 0 heterocycles. The fourth-order valence-corrected chi connectivity index (χ4v) is 1.94. The van der Waals surface area contributed by atoms with Crippen LogP contribution in [0, 0.1) is 6.92 Å².